The highest BCUT2D eigenvalue weighted by Crippen LogP contribution is 2.33. The van der Waals surface area contributed by atoms with Gasteiger partial charge in [0.05, 0.1) is 25.7 Å². The summed E-state index contributed by atoms with van der Waals surface area (Å²) in [5, 5.41) is 10.4. The van der Waals surface area contributed by atoms with Crippen LogP contribution in [0.4, 0.5) is 0 Å². The van der Waals surface area contributed by atoms with Crippen LogP contribution in [0, 0.1) is 6.92 Å². The maximum atomic E-state index is 10.4. The van der Waals surface area contributed by atoms with Crippen LogP contribution >= 0.6 is 0 Å². The Labute approximate surface area is 112 Å². The van der Waals surface area contributed by atoms with Crippen molar-refractivity contribution in [2.24, 2.45) is 5.73 Å². The van der Waals surface area contributed by atoms with Crippen LogP contribution in [0.15, 0.2) is 41.2 Å². The van der Waals surface area contributed by atoms with Crippen LogP contribution in [0.2, 0.25) is 0 Å². The quantitative estimate of drug-likeness (QED) is 0.867. The minimum Gasteiger partial charge on any atom is -0.496 e. The molecule has 0 spiro atoms. The summed E-state index contributed by atoms with van der Waals surface area (Å²) in [5.41, 5.74) is 8.55. The standard InChI is InChI=1S/C15H19NO3/c1-10-3-4-11(7-14(10)18-2)13(8-16)15(17)12-5-6-19-9-12/h3-7,9,13,15,17H,8,16H2,1-2H3. The second kappa shape index (κ2) is 5.91. The van der Waals surface area contributed by atoms with E-state index in [1.807, 2.05) is 25.1 Å². The van der Waals surface area contributed by atoms with Crippen molar-refractivity contribution in [3.63, 3.8) is 0 Å². The monoisotopic (exact) mass is 261 g/mol. The fourth-order valence-electron chi connectivity index (χ4n) is 2.19. The van der Waals surface area contributed by atoms with E-state index in [-0.39, 0.29) is 5.92 Å². The Balaban J connectivity index is 2.31. The molecule has 3 N–H and O–H groups in total. The third-order valence-electron chi connectivity index (χ3n) is 3.38. The fraction of sp³-hybridized carbons (Fsp3) is 0.333. The van der Waals surface area contributed by atoms with E-state index >= 15 is 0 Å². The predicted octanol–water partition coefficient (Wildman–Crippen LogP) is 2.37. The molecule has 102 valence electrons. The summed E-state index contributed by atoms with van der Waals surface area (Å²) >= 11 is 0. The Bertz CT molecular complexity index is 522. The highest BCUT2D eigenvalue weighted by Gasteiger charge is 2.23. The van der Waals surface area contributed by atoms with Crippen LogP contribution in [0.1, 0.15) is 28.7 Å². The molecule has 0 saturated heterocycles. The topological polar surface area (TPSA) is 68.6 Å². The van der Waals surface area contributed by atoms with E-state index in [9.17, 15) is 5.11 Å². The zero-order chi connectivity index (χ0) is 13.8. The molecule has 1 heterocycles. The first-order chi connectivity index (χ1) is 9.17. The van der Waals surface area contributed by atoms with Gasteiger partial charge in [0.2, 0.25) is 0 Å². The molecule has 2 aromatic rings. The molecule has 0 aliphatic rings. The van der Waals surface area contributed by atoms with Crippen LogP contribution in [0.25, 0.3) is 0 Å². The van der Waals surface area contributed by atoms with Crippen molar-refractivity contribution in [2.45, 2.75) is 18.9 Å². The minimum atomic E-state index is -0.684. The van der Waals surface area contributed by atoms with Crippen molar-refractivity contribution in [2.75, 3.05) is 13.7 Å². The first-order valence-electron chi connectivity index (χ1n) is 6.22. The molecule has 2 unspecified atom stereocenters. The molecule has 1 aromatic heterocycles. The van der Waals surface area contributed by atoms with Crippen LogP contribution in [0.5, 0.6) is 5.75 Å². The number of methoxy groups -OCH3 is 1. The zero-order valence-electron chi connectivity index (χ0n) is 11.2. The van der Waals surface area contributed by atoms with Crippen LogP contribution in [-0.2, 0) is 0 Å². The van der Waals surface area contributed by atoms with Crippen molar-refractivity contribution >= 4 is 0 Å². The normalized spacial score (nSPS) is 14.1. The first kappa shape index (κ1) is 13.6. The number of aliphatic hydroxyl groups is 1. The summed E-state index contributed by atoms with van der Waals surface area (Å²) in [7, 11) is 1.63. The molecule has 0 saturated carbocycles. The summed E-state index contributed by atoms with van der Waals surface area (Å²) in [4.78, 5) is 0. The second-order valence-electron chi connectivity index (χ2n) is 4.57. The lowest BCUT2D eigenvalue weighted by molar-refractivity contribution is 0.146. The number of hydrogen-bond donors (Lipinski definition) is 2. The zero-order valence-corrected chi connectivity index (χ0v) is 11.2. The summed E-state index contributed by atoms with van der Waals surface area (Å²) in [6, 6.07) is 7.62. The molecule has 0 aliphatic carbocycles. The highest BCUT2D eigenvalue weighted by atomic mass is 16.5. The molecule has 4 heteroatoms. The lowest BCUT2D eigenvalue weighted by Crippen LogP contribution is -2.20. The third kappa shape index (κ3) is 2.80. The van der Waals surface area contributed by atoms with Gasteiger partial charge in [-0.25, -0.2) is 0 Å². The van der Waals surface area contributed by atoms with Gasteiger partial charge >= 0.3 is 0 Å². The SMILES string of the molecule is COc1cc(C(CN)C(O)c2ccoc2)ccc1C. The number of nitrogens with two attached hydrogens (primary N) is 1. The van der Waals surface area contributed by atoms with E-state index in [0.717, 1.165) is 22.4 Å². The molecular formula is C15H19NO3. The van der Waals surface area contributed by atoms with Gasteiger partial charge in [0, 0.05) is 18.0 Å². The van der Waals surface area contributed by atoms with Crippen LogP contribution in [0.3, 0.4) is 0 Å². The second-order valence-corrected chi connectivity index (χ2v) is 4.57. The number of furan rings is 1. The molecule has 1 aromatic carbocycles. The Morgan fingerprint density at radius 2 is 2.11 bits per heavy atom. The van der Waals surface area contributed by atoms with Crippen LogP contribution < -0.4 is 10.5 Å². The molecule has 0 amide bonds. The molecule has 0 bridgehead atoms. The van der Waals surface area contributed by atoms with Gasteiger partial charge in [-0.05, 0) is 30.2 Å². The Morgan fingerprint density at radius 1 is 1.32 bits per heavy atom. The number of hydrogen-bond acceptors (Lipinski definition) is 4. The van der Waals surface area contributed by atoms with Crippen molar-refractivity contribution in [1.82, 2.24) is 0 Å². The van der Waals surface area contributed by atoms with Gasteiger partial charge in [-0.15, -0.1) is 0 Å². The average Bonchev–Trinajstić information content (AvgIpc) is 2.95. The van der Waals surface area contributed by atoms with E-state index < -0.39 is 6.10 Å². The van der Waals surface area contributed by atoms with E-state index in [1.165, 1.54) is 0 Å². The van der Waals surface area contributed by atoms with Gasteiger partial charge in [0.15, 0.2) is 0 Å². The maximum Gasteiger partial charge on any atom is 0.122 e. The minimum absolute atomic E-state index is 0.188. The van der Waals surface area contributed by atoms with E-state index in [1.54, 1.807) is 25.7 Å². The smallest absolute Gasteiger partial charge is 0.122 e. The number of rotatable bonds is 5. The van der Waals surface area contributed by atoms with Gasteiger partial charge < -0.3 is 20.0 Å². The fourth-order valence-corrected chi connectivity index (χ4v) is 2.19. The van der Waals surface area contributed by atoms with Crippen molar-refractivity contribution in [3.8, 4) is 5.75 Å². The van der Waals surface area contributed by atoms with Crippen molar-refractivity contribution < 1.29 is 14.3 Å². The van der Waals surface area contributed by atoms with E-state index in [4.69, 9.17) is 14.9 Å². The first-order valence-corrected chi connectivity index (χ1v) is 6.22. The van der Waals surface area contributed by atoms with Gasteiger partial charge in [-0.2, -0.15) is 0 Å². The Hall–Kier alpha value is -1.78. The van der Waals surface area contributed by atoms with Crippen molar-refractivity contribution in [1.29, 1.82) is 0 Å². The van der Waals surface area contributed by atoms with E-state index in [2.05, 4.69) is 0 Å². The molecule has 4 nitrogen and oxygen atoms in total. The molecule has 2 rings (SSSR count). The molecule has 19 heavy (non-hydrogen) atoms. The molecule has 0 fully saturated rings. The van der Waals surface area contributed by atoms with Gasteiger partial charge in [0.1, 0.15) is 5.75 Å². The van der Waals surface area contributed by atoms with Gasteiger partial charge in [0.25, 0.3) is 0 Å². The third-order valence-corrected chi connectivity index (χ3v) is 3.38. The highest BCUT2D eigenvalue weighted by molar-refractivity contribution is 5.39. The largest absolute Gasteiger partial charge is 0.496 e. The predicted molar refractivity (Wildman–Crippen MR) is 73.2 cm³/mol. The van der Waals surface area contributed by atoms with Gasteiger partial charge in [-0.3, -0.25) is 0 Å². The van der Waals surface area contributed by atoms with Crippen molar-refractivity contribution in [3.05, 3.63) is 53.5 Å². The summed E-state index contributed by atoms with van der Waals surface area (Å²) in [6.07, 6.45) is 2.40. The number of aryl methyl sites for hydroxylation is 1. The Kier molecular flexibility index (Phi) is 4.24. The van der Waals surface area contributed by atoms with Gasteiger partial charge in [-0.1, -0.05) is 12.1 Å². The van der Waals surface area contributed by atoms with Crippen LogP contribution in [-0.4, -0.2) is 18.8 Å². The maximum absolute atomic E-state index is 10.4. The van der Waals surface area contributed by atoms with E-state index in [0.29, 0.717) is 6.54 Å². The number of ether oxygens (including phenoxy) is 1. The number of aliphatic hydroxyl groups excluding tert-OH is 1. The molecule has 0 radical (unpaired) electrons. The summed E-state index contributed by atoms with van der Waals surface area (Å²) < 4.78 is 10.3. The lowest BCUT2D eigenvalue weighted by atomic mass is 9.89. The Morgan fingerprint density at radius 3 is 2.68 bits per heavy atom. The molecular weight excluding hydrogens is 242 g/mol. The molecule has 2 atom stereocenters. The average molecular weight is 261 g/mol. The number of benzene rings is 1. The molecule has 0 aliphatic heterocycles. The lowest BCUT2D eigenvalue weighted by Gasteiger charge is -2.22. The summed E-state index contributed by atoms with van der Waals surface area (Å²) in [5.74, 6) is 0.613. The summed E-state index contributed by atoms with van der Waals surface area (Å²) in [6.45, 7) is 2.32.